The third kappa shape index (κ3) is 9.33. The zero-order chi connectivity index (χ0) is 6.99. The monoisotopic (exact) mass is 118 g/mol. The van der Waals surface area contributed by atoms with Crippen LogP contribution in [0.2, 0.25) is 0 Å². The van der Waals surface area contributed by atoms with Crippen molar-refractivity contribution in [3.05, 3.63) is 0 Å². The van der Waals surface area contributed by atoms with Gasteiger partial charge in [0.2, 0.25) is 0 Å². The lowest BCUT2D eigenvalue weighted by Crippen LogP contribution is -2.29. The molecule has 0 fully saturated rings. The first kappa shape index (κ1) is 10.8. The summed E-state index contributed by atoms with van der Waals surface area (Å²) in [6.45, 7) is 9.94. The van der Waals surface area contributed by atoms with Crippen LogP contribution < -0.4 is 5.84 Å². The highest BCUT2D eigenvalue weighted by Crippen LogP contribution is 1.68. The lowest BCUT2D eigenvalue weighted by Gasteiger charge is -2.07. The molecule has 0 heterocycles. The van der Waals surface area contributed by atoms with E-state index in [9.17, 15) is 0 Å². The molecule has 0 amide bonds. The minimum Gasteiger partial charge on any atom is -0.269 e. The SMILES string of the molecule is CC.CCN(N)CC. The molecular formula is C6H18N2. The highest BCUT2D eigenvalue weighted by Gasteiger charge is 1.82. The molecule has 52 valence electrons. The van der Waals surface area contributed by atoms with E-state index in [4.69, 9.17) is 5.84 Å². The number of hydrogen-bond donors (Lipinski definition) is 1. The first-order valence-electron chi connectivity index (χ1n) is 3.30. The Labute approximate surface area is 52.6 Å². The molecular weight excluding hydrogens is 100 g/mol. The van der Waals surface area contributed by atoms with Gasteiger partial charge in [-0.3, -0.25) is 5.84 Å². The highest BCUT2D eigenvalue weighted by molar-refractivity contribution is 4.32. The second-order valence-corrected chi connectivity index (χ2v) is 1.22. The Balaban J connectivity index is 0. The molecule has 2 nitrogen and oxygen atoms in total. The molecule has 0 aromatic carbocycles. The first-order valence-corrected chi connectivity index (χ1v) is 3.30. The molecule has 0 rings (SSSR count). The molecule has 0 unspecified atom stereocenters. The van der Waals surface area contributed by atoms with Gasteiger partial charge in [-0.15, -0.1) is 0 Å². The molecule has 0 atom stereocenters. The van der Waals surface area contributed by atoms with Crippen molar-refractivity contribution in [1.29, 1.82) is 0 Å². The molecule has 0 aromatic heterocycles. The molecule has 2 heteroatoms. The fraction of sp³-hybridized carbons (Fsp3) is 1.00. The fourth-order valence-corrected chi connectivity index (χ4v) is 0.224. The van der Waals surface area contributed by atoms with Crippen molar-refractivity contribution in [3.63, 3.8) is 0 Å². The van der Waals surface area contributed by atoms with E-state index in [1.54, 1.807) is 5.01 Å². The van der Waals surface area contributed by atoms with Crippen molar-refractivity contribution >= 4 is 0 Å². The van der Waals surface area contributed by atoms with E-state index in [1.807, 2.05) is 27.7 Å². The molecule has 0 aromatic rings. The smallest absolute Gasteiger partial charge is 0.00996 e. The summed E-state index contributed by atoms with van der Waals surface area (Å²) in [5.74, 6) is 5.31. The van der Waals surface area contributed by atoms with E-state index >= 15 is 0 Å². The standard InChI is InChI=1S/C4H12N2.C2H6/c1-3-6(5)4-2;1-2/h3-5H2,1-2H3;1-2H3. The third-order valence-corrected chi connectivity index (χ3v) is 0.812. The molecule has 8 heavy (non-hydrogen) atoms. The van der Waals surface area contributed by atoms with Crippen LogP contribution in [0.4, 0.5) is 0 Å². The van der Waals surface area contributed by atoms with Gasteiger partial charge in [0, 0.05) is 13.1 Å². The van der Waals surface area contributed by atoms with Gasteiger partial charge in [-0.1, -0.05) is 27.7 Å². The van der Waals surface area contributed by atoms with Gasteiger partial charge in [0.1, 0.15) is 0 Å². The summed E-state index contributed by atoms with van der Waals surface area (Å²) in [5, 5.41) is 1.75. The maximum atomic E-state index is 5.31. The largest absolute Gasteiger partial charge is 0.269 e. The van der Waals surface area contributed by atoms with Gasteiger partial charge < -0.3 is 0 Å². The Bertz CT molecular complexity index is 25.7. The topological polar surface area (TPSA) is 29.3 Å². The first-order chi connectivity index (χ1) is 3.81. The number of nitrogens with zero attached hydrogens (tertiary/aromatic N) is 1. The summed E-state index contributed by atoms with van der Waals surface area (Å²) in [7, 11) is 0. The zero-order valence-corrected chi connectivity index (χ0v) is 6.44. The van der Waals surface area contributed by atoms with Gasteiger partial charge in [-0.25, -0.2) is 5.01 Å². The van der Waals surface area contributed by atoms with Gasteiger partial charge in [-0.05, 0) is 0 Å². The number of nitrogens with two attached hydrogens (primary N) is 1. The van der Waals surface area contributed by atoms with Crippen molar-refractivity contribution < 1.29 is 0 Å². The Morgan fingerprint density at radius 1 is 1.12 bits per heavy atom. The van der Waals surface area contributed by atoms with E-state index < -0.39 is 0 Å². The van der Waals surface area contributed by atoms with Gasteiger partial charge >= 0.3 is 0 Å². The number of hydrogen-bond acceptors (Lipinski definition) is 2. The molecule has 2 N–H and O–H groups in total. The van der Waals surface area contributed by atoms with Crippen molar-refractivity contribution in [2.24, 2.45) is 5.84 Å². The van der Waals surface area contributed by atoms with Crippen LogP contribution in [0.15, 0.2) is 0 Å². The highest BCUT2D eigenvalue weighted by atomic mass is 15.4. The Hall–Kier alpha value is -0.0800. The van der Waals surface area contributed by atoms with Crippen LogP contribution in [0.1, 0.15) is 27.7 Å². The Kier molecular flexibility index (Phi) is 13.6. The van der Waals surface area contributed by atoms with E-state index in [-0.39, 0.29) is 0 Å². The normalized spacial score (nSPS) is 8.25. The van der Waals surface area contributed by atoms with Crippen LogP contribution >= 0.6 is 0 Å². The van der Waals surface area contributed by atoms with Crippen LogP contribution in [0.3, 0.4) is 0 Å². The number of hydrazine groups is 1. The predicted molar refractivity (Wildman–Crippen MR) is 38.5 cm³/mol. The van der Waals surface area contributed by atoms with Crippen molar-refractivity contribution in [2.75, 3.05) is 13.1 Å². The summed E-state index contributed by atoms with van der Waals surface area (Å²) in [6.07, 6.45) is 0. The van der Waals surface area contributed by atoms with Gasteiger partial charge in [0.05, 0.1) is 0 Å². The summed E-state index contributed by atoms with van der Waals surface area (Å²) in [6, 6.07) is 0. The maximum Gasteiger partial charge on any atom is 0.00996 e. The fourth-order valence-electron chi connectivity index (χ4n) is 0.224. The molecule has 0 saturated heterocycles. The minimum atomic E-state index is 0.941. The van der Waals surface area contributed by atoms with Crippen LogP contribution in [0, 0.1) is 0 Å². The average Bonchev–Trinajstić information content (AvgIpc) is 1.91. The van der Waals surface area contributed by atoms with Crippen molar-refractivity contribution in [3.8, 4) is 0 Å². The summed E-state index contributed by atoms with van der Waals surface area (Å²) >= 11 is 0. The van der Waals surface area contributed by atoms with E-state index in [0.717, 1.165) is 13.1 Å². The van der Waals surface area contributed by atoms with Crippen LogP contribution in [0.5, 0.6) is 0 Å². The van der Waals surface area contributed by atoms with Crippen LogP contribution in [-0.4, -0.2) is 18.1 Å². The minimum absolute atomic E-state index is 0.941. The summed E-state index contributed by atoms with van der Waals surface area (Å²) < 4.78 is 0. The third-order valence-electron chi connectivity index (χ3n) is 0.812. The Morgan fingerprint density at radius 2 is 1.38 bits per heavy atom. The molecule has 0 radical (unpaired) electrons. The second kappa shape index (κ2) is 10.0. The van der Waals surface area contributed by atoms with Crippen molar-refractivity contribution in [2.45, 2.75) is 27.7 Å². The maximum absolute atomic E-state index is 5.31. The average molecular weight is 118 g/mol. The molecule has 0 aliphatic rings. The molecule has 0 saturated carbocycles. The van der Waals surface area contributed by atoms with E-state index in [2.05, 4.69) is 0 Å². The van der Waals surface area contributed by atoms with E-state index in [1.165, 1.54) is 0 Å². The zero-order valence-electron chi connectivity index (χ0n) is 6.44. The number of rotatable bonds is 2. The summed E-state index contributed by atoms with van der Waals surface area (Å²) in [5.41, 5.74) is 0. The van der Waals surface area contributed by atoms with Crippen LogP contribution in [-0.2, 0) is 0 Å². The lowest BCUT2D eigenvalue weighted by atomic mass is 10.6. The molecule has 0 aliphatic carbocycles. The van der Waals surface area contributed by atoms with Crippen LogP contribution in [0.25, 0.3) is 0 Å². The lowest BCUT2D eigenvalue weighted by molar-refractivity contribution is 0.316. The predicted octanol–water partition coefficient (Wildman–Crippen LogP) is 1.23. The second-order valence-electron chi connectivity index (χ2n) is 1.22. The molecule has 0 bridgehead atoms. The summed E-state index contributed by atoms with van der Waals surface area (Å²) in [4.78, 5) is 0. The van der Waals surface area contributed by atoms with Gasteiger partial charge in [-0.2, -0.15) is 0 Å². The quantitative estimate of drug-likeness (QED) is 0.436. The van der Waals surface area contributed by atoms with Gasteiger partial charge in [0.25, 0.3) is 0 Å². The van der Waals surface area contributed by atoms with Crippen molar-refractivity contribution in [1.82, 2.24) is 5.01 Å². The van der Waals surface area contributed by atoms with E-state index in [0.29, 0.717) is 0 Å². The van der Waals surface area contributed by atoms with Gasteiger partial charge in [0.15, 0.2) is 0 Å². The molecule has 0 spiro atoms. The molecule has 0 aliphatic heterocycles. The Morgan fingerprint density at radius 3 is 1.38 bits per heavy atom.